The molecule has 1 aliphatic rings. The highest BCUT2D eigenvalue weighted by atomic mass is 35.5. The number of aliphatic hydroxyl groups is 1. The van der Waals surface area contributed by atoms with E-state index in [0.29, 0.717) is 47.3 Å². The second-order valence-corrected chi connectivity index (χ2v) is 9.68. The molecule has 1 aliphatic heterocycles. The molecule has 0 unspecified atom stereocenters. The standard InChI is InChI=1S/C30H37ClN4O10/c1-6-41-22-13-19(27-26(29(38)40-5)17(4)33-30(39)34-27)9-10-21(22)44-15-24(36)35-32-14-18-11-20(31)28(23(12-18)42-7-2)45-16-25(37)43-8-3/h9-14,24,27,35-36H,6-8,15-16H2,1-5H3,(H2,33,34,39)/b32-14-/t24-,27+/m1/s1. The van der Waals surface area contributed by atoms with E-state index in [1.807, 2.05) is 0 Å². The van der Waals surface area contributed by atoms with E-state index in [9.17, 15) is 19.5 Å². The van der Waals surface area contributed by atoms with Crippen molar-refractivity contribution in [1.82, 2.24) is 16.1 Å². The van der Waals surface area contributed by atoms with Gasteiger partial charge in [-0.3, -0.25) is 5.43 Å². The maximum absolute atomic E-state index is 12.4. The van der Waals surface area contributed by atoms with Gasteiger partial charge in [0.25, 0.3) is 0 Å². The number of methoxy groups -OCH3 is 1. The van der Waals surface area contributed by atoms with Crippen LogP contribution in [0.25, 0.3) is 0 Å². The Morgan fingerprint density at radius 1 is 1.04 bits per heavy atom. The number of hydrogen-bond donors (Lipinski definition) is 4. The number of aliphatic hydroxyl groups excluding tert-OH is 1. The molecule has 0 aromatic heterocycles. The molecule has 2 atom stereocenters. The normalized spacial score (nSPS) is 15.1. The van der Waals surface area contributed by atoms with Crippen molar-refractivity contribution in [3.05, 3.63) is 57.8 Å². The summed E-state index contributed by atoms with van der Waals surface area (Å²) in [4.78, 5) is 36.3. The van der Waals surface area contributed by atoms with Gasteiger partial charge in [0, 0.05) is 5.70 Å². The zero-order valence-electron chi connectivity index (χ0n) is 25.6. The van der Waals surface area contributed by atoms with Crippen LogP contribution in [-0.2, 0) is 19.1 Å². The summed E-state index contributed by atoms with van der Waals surface area (Å²) in [6.07, 6.45) is 0.194. The molecule has 1 heterocycles. The van der Waals surface area contributed by atoms with E-state index in [4.69, 9.17) is 40.0 Å². The third-order valence-electron chi connectivity index (χ3n) is 6.08. The molecule has 0 saturated carbocycles. The number of ether oxygens (including phenoxy) is 6. The third kappa shape index (κ3) is 9.65. The maximum Gasteiger partial charge on any atom is 0.344 e. The van der Waals surface area contributed by atoms with Crippen molar-refractivity contribution < 1.29 is 47.9 Å². The zero-order chi connectivity index (χ0) is 32.9. The highest BCUT2D eigenvalue weighted by Crippen LogP contribution is 2.37. The number of carbonyl (C=O) groups excluding carboxylic acids is 3. The number of halogens is 1. The van der Waals surface area contributed by atoms with Crippen LogP contribution in [0, 0.1) is 0 Å². The number of nitrogens with zero attached hydrogens (tertiary/aromatic N) is 1. The first-order valence-electron chi connectivity index (χ1n) is 14.1. The number of esters is 2. The van der Waals surface area contributed by atoms with Crippen LogP contribution in [0.5, 0.6) is 23.0 Å². The Balaban J connectivity index is 1.67. The lowest BCUT2D eigenvalue weighted by molar-refractivity contribution is -0.145. The van der Waals surface area contributed by atoms with Crippen LogP contribution in [-0.4, -0.2) is 75.7 Å². The molecular formula is C30H37ClN4O10. The fourth-order valence-corrected chi connectivity index (χ4v) is 4.49. The van der Waals surface area contributed by atoms with Crippen molar-refractivity contribution in [2.24, 2.45) is 5.10 Å². The fraction of sp³-hybridized carbons (Fsp3) is 0.400. The summed E-state index contributed by atoms with van der Waals surface area (Å²) in [5.41, 5.74) is 4.27. The molecule has 2 amide bonds. The van der Waals surface area contributed by atoms with Gasteiger partial charge >= 0.3 is 18.0 Å². The number of hydrazone groups is 1. The Morgan fingerprint density at radius 2 is 1.78 bits per heavy atom. The Labute approximate surface area is 265 Å². The van der Waals surface area contributed by atoms with E-state index in [-0.39, 0.29) is 36.2 Å². The SMILES string of the molecule is CCOC(=O)COc1c(Cl)cc(/C=N\N[C@H](O)COc2ccc([C@@H]3NC(=O)NC(C)=C3C(=O)OC)cc2OCC)cc1OCC. The Hall–Kier alpha value is -4.69. The molecule has 0 radical (unpaired) electrons. The van der Waals surface area contributed by atoms with Gasteiger partial charge in [-0.2, -0.15) is 5.10 Å². The van der Waals surface area contributed by atoms with E-state index >= 15 is 0 Å². The van der Waals surface area contributed by atoms with E-state index in [2.05, 4.69) is 21.2 Å². The van der Waals surface area contributed by atoms with Crippen LogP contribution in [0.4, 0.5) is 4.79 Å². The number of urea groups is 1. The first-order valence-corrected chi connectivity index (χ1v) is 14.5. The minimum atomic E-state index is -1.22. The van der Waals surface area contributed by atoms with Crippen molar-refractivity contribution in [2.45, 2.75) is 40.0 Å². The highest BCUT2D eigenvalue weighted by Gasteiger charge is 2.32. The summed E-state index contributed by atoms with van der Waals surface area (Å²) in [5.74, 6) is 0.0203. The summed E-state index contributed by atoms with van der Waals surface area (Å²) in [7, 11) is 1.26. The molecule has 0 spiro atoms. The molecule has 244 valence electrons. The van der Waals surface area contributed by atoms with Gasteiger partial charge < -0.3 is 44.2 Å². The molecule has 3 rings (SSSR count). The number of hydrogen-bond acceptors (Lipinski definition) is 12. The lowest BCUT2D eigenvalue weighted by atomic mass is 9.95. The van der Waals surface area contributed by atoms with E-state index < -0.39 is 30.2 Å². The molecule has 0 aliphatic carbocycles. The van der Waals surface area contributed by atoms with Crippen LogP contribution >= 0.6 is 11.6 Å². The number of rotatable bonds is 16. The topological polar surface area (TPSA) is 175 Å². The summed E-state index contributed by atoms with van der Waals surface area (Å²) in [5, 5.41) is 20.0. The van der Waals surface area contributed by atoms with E-state index in [0.717, 1.165) is 0 Å². The van der Waals surface area contributed by atoms with Crippen molar-refractivity contribution in [3.8, 4) is 23.0 Å². The van der Waals surface area contributed by atoms with Gasteiger partial charge in [-0.1, -0.05) is 17.7 Å². The van der Waals surface area contributed by atoms with Gasteiger partial charge in [-0.25, -0.2) is 14.4 Å². The number of carbonyl (C=O) groups is 3. The lowest BCUT2D eigenvalue weighted by Crippen LogP contribution is -2.45. The van der Waals surface area contributed by atoms with Gasteiger partial charge in [-0.15, -0.1) is 0 Å². The van der Waals surface area contributed by atoms with Gasteiger partial charge in [0.1, 0.15) is 6.61 Å². The molecule has 0 saturated heterocycles. The van der Waals surface area contributed by atoms with Crippen molar-refractivity contribution in [2.75, 3.05) is 40.1 Å². The average Bonchev–Trinajstić information content (AvgIpc) is 2.99. The third-order valence-corrected chi connectivity index (χ3v) is 6.36. The molecule has 0 fully saturated rings. The van der Waals surface area contributed by atoms with E-state index in [1.165, 1.54) is 13.3 Å². The number of allylic oxidation sites excluding steroid dienone is 1. The molecule has 14 nitrogen and oxygen atoms in total. The fourth-order valence-electron chi connectivity index (χ4n) is 4.22. The lowest BCUT2D eigenvalue weighted by Gasteiger charge is -2.28. The van der Waals surface area contributed by atoms with Crippen molar-refractivity contribution >= 4 is 35.8 Å². The monoisotopic (exact) mass is 648 g/mol. The van der Waals surface area contributed by atoms with Gasteiger partial charge in [-0.05, 0) is 63.1 Å². The minimum absolute atomic E-state index is 0.191. The van der Waals surface area contributed by atoms with E-state index in [1.54, 1.807) is 58.0 Å². The van der Waals surface area contributed by atoms with Crippen LogP contribution in [0.1, 0.15) is 44.9 Å². The minimum Gasteiger partial charge on any atom is -0.490 e. The molecule has 4 N–H and O–H groups in total. The van der Waals surface area contributed by atoms with Crippen LogP contribution in [0.3, 0.4) is 0 Å². The molecule has 45 heavy (non-hydrogen) atoms. The predicted octanol–water partition coefficient (Wildman–Crippen LogP) is 3.20. The highest BCUT2D eigenvalue weighted by molar-refractivity contribution is 6.32. The van der Waals surface area contributed by atoms with Gasteiger partial charge in [0.2, 0.25) is 0 Å². The number of benzene rings is 2. The number of nitrogens with one attached hydrogen (secondary N) is 3. The zero-order valence-corrected chi connectivity index (χ0v) is 26.4. The summed E-state index contributed by atoms with van der Waals surface area (Å²) < 4.78 is 32.4. The predicted molar refractivity (Wildman–Crippen MR) is 164 cm³/mol. The second kappa shape index (κ2) is 17.0. The second-order valence-electron chi connectivity index (χ2n) is 9.27. The molecular weight excluding hydrogens is 612 g/mol. The summed E-state index contributed by atoms with van der Waals surface area (Å²) >= 11 is 6.37. The first kappa shape index (κ1) is 34.8. The van der Waals surface area contributed by atoms with Gasteiger partial charge in [0.15, 0.2) is 35.8 Å². The first-order chi connectivity index (χ1) is 21.6. The molecule has 0 bridgehead atoms. The number of amides is 2. The molecule has 2 aromatic carbocycles. The van der Waals surface area contributed by atoms with Crippen LogP contribution in [0.2, 0.25) is 5.02 Å². The quantitative estimate of drug-likeness (QED) is 0.0910. The Bertz CT molecular complexity index is 1430. The Morgan fingerprint density at radius 3 is 2.47 bits per heavy atom. The average molecular weight is 649 g/mol. The van der Waals surface area contributed by atoms with Crippen molar-refractivity contribution in [1.29, 1.82) is 0 Å². The summed E-state index contributed by atoms with van der Waals surface area (Å²) in [6.45, 7) is 7.20. The Kier molecular flexibility index (Phi) is 13.1. The summed E-state index contributed by atoms with van der Waals surface area (Å²) in [6, 6.07) is 6.85. The smallest absolute Gasteiger partial charge is 0.344 e. The van der Waals surface area contributed by atoms with Crippen LogP contribution < -0.4 is 35.0 Å². The van der Waals surface area contributed by atoms with Crippen molar-refractivity contribution in [3.63, 3.8) is 0 Å². The molecule has 15 heteroatoms. The maximum atomic E-state index is 12.4. The molecule has 2 aromatic rings. The largest absolute Gasteiger partial charge is 0.490 e. The van der Waals surface area contributed by atoms with Gasteiger partial charge in [0.05, 0.1) is 49.8 Å². The van der Waals surface area contributed by atoms with Crippen LogP contribution in [0.15, 0.2) is 46.7 Å².